The molecule has 0 aliphatic rings. The average molecular weight is 268 g/mol. The van der Waals surface area contributed by atoms with Crippen LogP contribution in [0.15, 0.2) is 40.9 Å². The van der Waals surface area contributed by atoms with Crippen LogP contribution >= 0.6 is 0 Å². The number of hydrogen-bond donors (Lipinski definition) is 2. The molecular formula is C14H12N4O2. The molecule has 0 saturated heterocycles. The summed E-state index contributed by atoms with van der Waals surface area (Å²) < 4.78 is 5.10. The summed E-state index contributed by atoms with van der Waals surface area (Å²) in [6.45, 7) is 0. The van der Waals surface area contributed by atoms with Crippen molar-refractivity contribution in [1.29, 1.82) is 0 Å². The second-order valence-corrected chi connectivity index (χ2v) is 4.29. The van der Waals surface area contributed by atoms with Crippen molar-refractivity contribution in [3.8, 4) is 11.5 Å². The van der Waals surface area contributed by atoms with Crippen molar-refractivity contribution in [1.82, 2.24) is 15.5 Å². The number of nitrogens with two attached hydrogens (primary N) is 1. The first kappa shape index (κ1) is 12.2. The summed E-state index contributed by atoms with van der Waals surface area (Å²) in [6, 6.07) is 11.5. The predicted molar refractivity (Wildman–Crippen MR) is 75.0 cm³/mol. The molecule has 3 aromatic rings. The molecule has 0 atom stereocenters. The number of nitrogen functional groups attached to an aromatic ring is 1. The lowest BCUT2D eigenvalue weighted by molar-refractivity contribution is 0.0950. The van der Waals surface area contributed by atoms with Crippen LogP contribution in [0.3, 0.4) is 0 Å². The molecule has 0 spiro atoms. The van der Waals surface area contributed by atoms with Gasteiger partial charge in [-0.25, -0.2) is 0 Å². The van der Waals surface area contributed by atoms with Crippen LogP contribution in [0.1, 0.15) is 10.6 Å². The molecular weight excluding hydrogens is 256 g/mol. The zero-order valence-electron chi connectivity index (χ0n) is 10.8. The minimum Gasteiger partial charge on any atom is -0.398 e. The number of anilines is 1. The maximum absolute atomic E-state index is 11.4. The summed E-state index contributed by atoms with van der Waals surface area (Å²) >= 11 is 0. The number of rotatable bonds is 2. The van der Waals surface area contributed by atoms with E-state index < -0.39 is 5.91 Å². The molecule has 6 heteroatoms. The number of benzene rings is 2. The molecule has 0 aliphatic heterocycles. The standard InChI is InChI=1S/C14H12N4O2/c1-16-13(19)12-17-14(20-18-12)10-6-8-4-2-3-5-9(8)7-11(10)15/h2-7H,15H2,1H3,(H,16,19). The maximum Gasteiger partial charge on any atom is 0.292 e. The van der Waals surface area contributed by atoms with Crippen molar-refractivity contribution >= 4 is 22.4 Å². The Labute approximate surface area is 114 Å². The molecule has 6 nitrogen and oxygen atoms in total. The van der Waals surface area contributed by atoms with E-state index >= 15 is 0 Å². The number of nitrogens with zero attached hydrogens (tertiary/aromatic N) is 2. The highest BCUT2D eigenvalue weighted by Crippen LogP contribution is 2.29. The summed E-state index contributed by atoms with van der Waals surface area (Å²) in [7, 11) is 1.50. The topological polar surface area (TPSA) is 94.0 Å². The van der Waals surface area contributed by atoms with Gasteiger partial charge >= 0.3 is 0 Å². The highest BCUT2D eigenvalue weighted by atomic mass is 16.5. The van der Waals surface area contributed by atoms with Gasteiger partial charge in [0.05, 0.1) is 5.56 Å². The van der Waals surface area contributed by atoms with E-state index in [1.807, 2.05) is 36.4 Å². The number of hydrogen-bond acceptors (Lipinski definition) is 5. The van der Waals surface area contributed by atoms with Gasteiger partial charge in [-0.1, -0.05) is 29.4 Å². The number of nitrogens with one attached hydrogen (secondary N) is 1. The van der Waals surface area contributed by atoms with Crippen LogP contribution in [-0.2, 0) is 0 Å². The van der Waals surface area contributed by atoms with Crippen molar-refractivity contribution < 1.29 is 9.32 Å². The van der Waals surface area contributed by atoms with Crippen LogP contribution in [-0.4, -0.2) is 23.1 Å². The summed E-state index contributed by atoms with van der Waals surface area (Å²) in [5, 5.41) is 8.10. The molecule has 0 fully saturated rings. The summed E-state index contributed by atoms with van der Waals surface area (Å²) in [5.41, 5.74) is 7.15. The molecule has 0 aliphatic carbocycles. The number of fused-ring (bicyclic) bond motifs is 1. The van der Waals surface area contributed by atoms with E-state index in [9.17, 15) is 4.79 Å². The number of carbonyl (C=O) groups is 1. The maximum atomic E-state index is 11.4. The first-order valence-electron chi connectivity index (χ1n) is 6.03. The Morgan fingerprint density at radius 1 is 1.25 bits per heavy atom. The van der Waals surface area contributed by atoms with Crippen LogP contribution in [0.4, 0.5) is 5.69 Å². The van der Waals surface area contributed by atoms with Gasteiger partial charge in [-0.2, -0.15) is 4.98 Å². The van der Waals surface area contributed by atoms with E-state index in [1.165, 1.54) is 7.05 Å². The molecule has 100 valence electrons. The quantitative estimate of drug-likeness (QED) is 0.691. The lowest BCUT2D eigenvalue weighted by Gasteiger charge is -2.03. The largest absolute Gasteiger partial charge is 0.398 e. The van der Waals surface area contributed by atoms with Crippen LogP contribution < -0.4 is 11.1 Å². The SMILES string of the molecule is CNC(=O)c1noc(-c2cc3ccccc3cc2N)n1. The van der Waals surface area contributed by atoms with Crippen LogP contribution in [0.5, 0.6) is 0 Å². The third-order valence-electron chi connectivity index (χ3n) is 3.00. The molecule has 0 bridgehead atoms. The van der Waals surface area contributed by atoms with E-state index in [4.69, 9.17) is 10.3 Å². The van der Waals surface area contributed by atoms with Crippen molar-refractivity contribution in [2.75, 3.05) is 12.8 Å². The molecule has 3 N–H and O–H groups in total. The van der Waals surface area contributed by atoms with Crippen molar-refractivity contribution in [2.45, 2.75) is 0 Å². The zero-order chi connectivity index (χ0) is 14.1. The molecule has 1 heterocycles. The number of amides is 1. The van der Waals surface area contributed by atoms with E-state index in [0.717, 1.165) is 10.8 Å². The molecule has 0 saturated carbocycles. The zero-order valence-corrected chi connectivity index (χ0v) is 10.8. The van der Waals surface area contributed by atoms with Gasteiger partial charge in [0, 0.05) is 12.7 Å². The average Bonchev–Trinajstić information content (AvgIpc) is 2.95. The fraction of sp³-hybridized carbons (Fsp3) is 0.0714. The van der Waals surface area contributed by atoms with Gasteiger partial charge in [-0.05, 0) is 22.9 Å². The Kier molecular flexibility index (Phi) is 2.83. The predicted octanol–water partition coefficient (Wildman–Crippen LogP) is 1.83. The normalized spacial score (nSPS) is 10.7. The Bertz CT molecular complexity index is 795. The third-order valence-corrected chi connectivity index (χ3v) is 3.00. The lowest BCUT2D eigenvalue weighted by Crippen LogP contribution is -2.19. The Balaban J connectivity index is 2.11. The van der Waals surface area contributed by atoms with E-state index in [0.29, 0.717) is 11.3 Å². The van der Waals surface area contributed by atoms with Gasteiger partial charge < -0.3 is 15.6 Å². The molecule has 1 aromatic heterocycles. The first-order valence-corrected chi connectivity index (χ1v) is 6.03. The van der Waals surface area contributed by atoms with Gasteiger partial charge in [0.2, 0.25) is 0 Å². The fourth-order valence-corrected chi connectivity index (χ4v) is 1.98. The number of carbonyl (C=O) groups excluding carboxylic acids is 1. The molecule has 1 amide bonds. The lowest BCUT2D eigenvalue weighted by atomic mass is 10.1. The molecule has 2 aromatic carbocycles. The van der Waals surface area contributed by atoms with Crippen LogP contribution in [0.2, 0.25) is 0 Å². The highest BCUT2D eigenvalue weighted by Gasteiger charge is 2.16. The van der Waals surface area contributed by atoms with Gasteiger partial charge in [0.15, 0.2) is 0 Å². The molecule has 3 rings (SSSR count). The second-order valence-electron chi connectivity index (χ2n) is 4.29. The van der Waals surface area contributed by atoms with E-state index in [2.05, 4.69) is 15.5 Å². The third kappa shape index (κ3) is 1.97. The first-order chi connectivity index (χ1) is 9.69. The smallest absolute Gasteiger partial charge is 0.292 e. The van der Waals surface area contributed by atoms with Gasteiger partial charge in [0.25, 0.3) is 17.6 Å². The second kappa shape index (κ2) is 4.65. The molecule has 20 heavy (non-hydrogen) atoms. The minimum absolute atomic E-state index is 0.0185. The summed E-state index contributed by atoms with van der Waals surface area (Å²) in [6.07, 6.45) is 0. The van der Waals surface area contributed by atoms with Crippen LogP contribution in [0.25, 0.3) is 22.2 Å². The summed E-state index contributed by atoms with van der Waals surface area (Å²) in [4.78, 5) is 15.5. The monoisotopic (exact) mass is 268 g/mol. The highest BCUT2D eigenvalue weighted by molar-refractivity contribution is 5.93. The van der Waals surface area contributed by atoms with Crippen LogP contribution in [0, 0.1) is 0 Å². The van der Waals surface area contributed by atoms with Crippen molar-refractivity contribution in [2.24, 2.45) is 0 Å². The minimum atomic E-state index is -0.403. The van der Waals surface area contributed by atoms with Crippen molar-refractivity contribution in [3.63, 3.8) is 0 Å². The Morgan fingerprint density at radius 2 is 1.95 bits per heavy atom. The van der Waals surface area contributed by atoms with Gasteiger partial charge in [-0.15, -0.1) is 0 Å². The van der Waals surface area contributed by atoms with E-state index in [1.54, 1.807) is 0 Å². The van der Waals surface area contributed by atoms with Gasteiger partial charge in [0.1, 0.15) is 0 Å². The summed E-state index contributed by atoms with van der Waals surface area (Å²) in [5.74, 6) is -0.193. The molecule has 0 unspecified atom stereocenters. The van der Waals surface area contributed by atoms with Gasteiger partial charge in [-0.3, -0.25) is 4.79 Å². The van der Waals surface area contributed by atoms with Crippen molar-refractivity contribution in [3.05, 3.63) is 42.2 Å². The van der Waals surface area contributed by atoms with E-state index in [-0.39, 0.29) is 11.7 Å². The Hall–Kier alpha value is -2.89. The number of aromatic nitrogens is 2. The molecule has 0 radical (unpaired) electrons. The fourth-order valence-electron chi connectivity index (χ4n) is 1.98. The Morgan fingerprint density at radius 3 is 2.65 bits per heavy atom.